The lowest BCUT2D eigenvalue weighted by Crippen LogP contribution is -2.05. The first kappa shape index (κ1) is 6.96. The zero-order chi connectivity index (χ0) is 6.57. The van der Waals surface area contributed by atoms with E-state index in [0.29, 0.717) is 0 Å². The Morgan fingerprint density at radius 2 is 2.38 bits per heavy atom. The second-order valence-electron chi connectivity index (χ2n) is 1.42. The molecule has 0 heterocycles. The summed E-state index contributed by atoms with van der Waals surface area (Å²) in [6.45, 7) is 1.42. The molecule has 1 radical (unpaired) electrons. The second-order valence-corrected chi connectivity index (χ2v) is 1.42. The van der Waals surface area contributed by atoms with Gasteiger partial charge in [-0.2, -0.15) is 5.26 Å². The standard InChI is InChI=1S/C5H6NO2/c1-4(2-3-6)5(7)8/h2H2,1H3,(H,7,8). The summed E-state index contributed by atoms with van der Waals surface area (Å²) in [5.74, 6) is -0.806. The van der Waals surface area contributed by atoms with Crippen LogP contribution >= 0.6 is 0 Å². The number of carboxylic acids is 1. The number of nitriles is 1. The van der Waals surface area contributed by atoms with Crippen LogP contribution < -0.4 is 0 Å². The molecule has 0 aromatic heterocycles. The van der Waals surface area contributed by atoms with Crippen molar-refractivity contribution in [3.8, 4) is 6.07 Å². The highest BCUT2D eigenvalue weighted by Gasteiger charge is 2.09. The summed E-state index contributed by atoms with van der Waals surface area (Å²) in [7, 11) is 0. The molecule has 0 atom stereocenters. The van der Waals surface area contributed by atoms with Gasteiger partial charge in [-0.3, -0.25) is 4.79 Å². The number of hydrogen-bond acceptors (Lipinski definition) is 2. The number of carboxylic acid groups (broad SMARTS) is 1. The van der Waals surface area contributed by atoms with Crippen molar-refractivity contribution in [2.75, 3.05) is 0 Å². The minimum Gasteiger partial charge on any atom is -0.481 e. The number of rotatable bonds is 2. The molecule has 43 valence electrons. The summed E-state index contributed by atoms with van der Waals surface area (Å²) in [5, 5.41) is 16.1. The fourth-order valence-electron chi connectivity index (χ4n) is 0.194. The Hall–Kier alpha value is -1.04. The third kappa shape index (κ3) is 2.19. The van der Waals surface area contributed by atoms with Gasteiger partial charge in [-0.05, 0) is 6.92 Å². The summed E-state index contributed by atoms with van der Waals surface area (Å²) in [6, 6.07) is 1.73. The van der Waals surface area contributed by atoms with Gasteiger partial charge in [0.1, 0.15) is 0 Å². The predicted octanol–water partition coefficient (Wildman–Crippen LogP) is 0.579. The van der Waals surface area contributed by atoms with Crippen molar-refractivity contribution in [1.82, 2.24) is 0 Å². The highest BCUT2D eigenvalue weighted by molar-refractivity contribution is 5.82. The topological polar surface area (TPSA) is 61.1 Å². The van der Waals surface area contributed by atoms with E-state index >= 15 is 0 Å². The molecule has 0 fully saturated rings. The second kappa shape index (κ2) is 3.03. The Morgan fingerprint density at radius 3 is 2.50 bits per heavy atom. The molecule has 1 N–H and O–H groups in total. The molecule has 0 aliphatic rings. The average Bonchev–Trinajstić information content (AvgIpc) is 1.67. The van der Waals surface area contributed by atoms with Gasteiger partial charge in [-0.1, -0.05) is 0 Å². The zero-order valence-electron chi connectivity index (χ0n) is 4.51. The SMILES string of the molecule is C[C](CC#N)C(=O)O. The van der Waals surface area contributed by atoms with E-state index in [-0.39, 0.29) is 12.3 Å². The Labute approximate surface area is 47.5 Å². The van der Waals surface area contributed by atoms with Crippen molar-refractivity contribution in [2.45, 2.75) is 13.3 Å². The lowest BCUT2D eigenvalue weighted by molar-refractivity contribution is -0.134. The molecular weight excluding hydrogens is 106 g/mol. The maximum Gasteiger partial charge on any atom is 0.311 e. The molecule has 0 unspecified atom stereocenters. The molecule has 0 aliphatic carbocycles. The number of hydrogen-bond donors (Lipinski definition) is 1. The van der Waals surface area contributed by atoms with Crippen molar-refractivity contribution >= 4 is 5.97 Å². The fourth-order valence-corrected chi connectivity index (χ4v) is 0.194. The van der Waals surface area contributed by atoms with Gasteiger partial charge in [-0.25, -0.2) is 0 Å². The first-order valence-electron chi connectivity index (χ1n) is 2.11. The van der Waals surface area contributed by atoms with Crippen LogP contribution in [0.2, 0.25) is 0 Å². The van der Waals surface area contributed by atoms with Crippen LogP contribution in [0.4, 0.5) is 0 Å². The highest BCUT2D eigenvalue weighted by atomic mass is 16.4. The van der Waals surface area contributed by atoms with E-state index in [4.69, 9.17) is 10.4 Å². The van der Waals surface area contributed by atoms with Gasteiger partial charge in [-0.15, -0.1) is 0 Å². The molecule has 0 aromatic rings. The van der Waals surface area contributed by atoms with E-state index in [2.05, 4.69) is 0 Å². The van der Waals surface area contributed by atoms with Crippen molar-refractivity contribution in [3.63, 3.8) is 0 Å². The molecule has 0 saturated heterocycles. The smallest absolute Gasteiger partial charge is 0.311 e. The van der Waals surface area contributed by atoms with Crippen LogP contribution in [0.3, 0.4) is 0 Å². The van der Waals surface area contributed by atoms with Crippen molar-refractivity contribution in [2.24, 2.45) is 0 Å². The average molecular weight is 112 g/mol. The summed E-state index contributed by atoms with van der Waals surface area (Å²) in [5.41, 5.74) is 0. The Morgan fingerprint density at radius 1 is 1.88 bits per heavy atom. The third-order valence-corrected chi connectivity index (χ3v) is 0.709. The maximum absolute atomic E-state index is 9.90. The fraction of sp³-hybridized carbons (Fsp3) is 0.400. The zero-order valence-corrected chi connectivity index (χ0v) is 4.51. The van der Waals surface area contributed by atoms with Crippen molar-refractivity contribution < 1.29 is 9.90 Å². The third-order valence-electron chi connectivity index (χ3n) is 0.709. The first-order valence-corrected chi connectivity index (χ1v) is 2.11. The van der Waals surface area contributed by atoms with Crippen LogP contribution in [0.1, 0.15) is 13.3 Å². The summed E-state index contributed by atoms with van der Waals surface area (Å²) in [6.07, 6.45) is 0.00926. The summed E-state index contributed by atoms with van der Waals surface area (Å²) >= 11 is 0. The number of nitrogens with zero attached hydrogens (tertiary/aromatic N) is 1. The van der Waals surface area contributed by atoms with Gasteiger partial charge in [0, 0.05) is 0 Å². The van der Waals surface area contributed by atoms with Gasteiger partial charge in [0.15, 0.2) is 0 Å². The van der Waals surface area contributed by atoms with E-state index in [9.17, 15) is 4.79 Å². The largest absolute Gasteiger partial charge is 0.481 e. The van der Waals surface area contributed by atoms with E-state index < -0.39 is 5.97 Å². The minimum atomic E-state index is -0.994. The minimum absolute atomic E-state index is 0.00926. The molecular formula is C5H6NO2. The lowest BCUT2D eigenvalue weighted by Gasteiger charge is -1.93. The molecule has 0 aliphatic heterocycles. The molecule has 8 heavy (non-hydrogen) atoms. The van der Waals surface area contributed by atoms with Crippen molar-refractivity contribution in [3.05, 3.63) is 5.92 Å². The van der Waals surface area contributed by atoms with Crippen LogP contribution in [0.25, 0.3) is 0 Å². The van der Waals surface area contributed by atoms with E-state index in [1.807, 2.05) is 0 Å². The Kier molecular flexibility index (Phi) is 2.63. The lowest BCUT2D eigenvalue weighted by atomic mass is 10.1. The molecule has 0 bridgehead atoms. The van der Waals surface area contributed by atoms with Gasteiger partial charge in [0.25, 0.3) is 0 Å². The highest BCUT2D eigenvalue weighted by Crippen LogP contribution is 2.01. The molecule has 0 amide bonds. The normalized spacial score (nSPS) is 8.62. The van der Waals surface area contributed by atoms with Gasteiger partial charge >= 0.3 is 5.97 Å². The van der Waals surface area contributed by atoms with E-state index in [1.54, 1.807) is 6.07 Å². The first-order chi connectivity index (χ1) is 3.68. The predicted molar refractivity (Wildman–Crippen MR) is 26.8 cm³/mol. The molecule has 3 nitrogen and oxygen atoms in total. The molecule has 0 rings (SSSR count). The van der Waals surface area contributed by atoms with E-state index in [0.717, 1.165) is 0 Å². The Bertz CT molecular complexity index is 125. The molecule has 3 heteroatoms. The summed E-state index contributed by atoms with van der Waals surface area (Å²) < 4.78 is 0. The van der Waals surface area contributed by atoms with E-state index in [1.165, 1.54) is 6.92 Å². The monoisotopic (exact) mass is 112 g/mol. The van der Waals surface area contributed by atoms with Gasteiger partial charge < -0.3 is 5.11 Å². The van der Waals surface area contributed by atoms with Crippen molar-refractivity contribution in [1.29, 1.82) is 5.26 Å². The van der Waals surface area contributed by atoms with Gasteiger partial charge in [0.2, 0.25) is 0 Å². The van der Waals surface area contributed by atoms with Crippen LogP contribution in [-0.2, 0) is 4.79 Å². The van der Waals surface area contributed by atoms with Crippen LogP contribution in [0.15, 0.2) is 0 Å². The van der Waals surface area contributed by atoms with Gasteiger partial charge in [0.05, 0.1) is 18.4 Å². The van der Waals surface area contributed by atoms with Crippen LogP contribution in [0, 0.1) is 17.2 Å². The Balaban J connectivity index is 3.52. The summed E-state index contributed by atoms with van der Waals surface area (Å²) in [4.78, 5) is 9.90. The number of carbonyl (C=O) groups is 1. The maximum atomic E-state index is 9.90. The number of aliphatic carboxylic acids is 1. The molecule has 0 aromatic carbocycles. The molecule has 0 spiro atoms. The van der Waals surface area contributed by atoms with Crippen LogP contribution in [0.5, 0.6) is 0 Å². The van der Waals surface area contributed by atoms with Crippen LogP contribution in [-0.4, -0.2) is 11.1 Å². The quantitative estimate of drug-likeness (QED) is 0.568. The molecule has 0 saturated carbocycles.